The topological polar surface area (TPSA) is 15.3 Å². The quantitative estimate of drug-likeness (QED) is 0.838. The molecule has 0 radical (unpaired) electrons. The molecule has 0 aromatic heterocycles. The molecule has 2 nitrogen and oxygen atoms in total. The average Bonchev–Trinajstić information content (AvgIpc) is 2.65. The molecule has 2 rings (SSSR count). The van der Waals surface area contributed by atoms with Gasteiger partial charge in [0.1, 0.15) is 6.17 Å². The lowest BCUT2D eigenvalue weighted by atomic mass is 10.0. The first-order chi connectivity index (χ1) is 9.39. The van der Waals surface area contributed by atoms with Gasteiger partial charge in [-0.25, -0.2) is 4.39 Å². The van der Waals surface area contributed by atoms with Crippen LogP contribution < -0.4 is 10.2 Å². The highest BCUT2D eigenvalue weighted by atomic mass is 19.4. The second-order valence-corrected chi connectivity index (χ2v) is 4.98. The molecule has 6 heteroatoms. The van der Waals surface area contributed by atoms with Crippen molar-refractivity contribution in [2.45, 2.75) is 25.7 Å². The number of nitrogens with zero attached hydrogens (tertiary/aromatic N) is 1. The Morgan fingerprint density at radius 2 is 1.95 bits per heavy atom. The monoisotopic (exact) mass is 290 g/mol. The molecule has 1 aliphatic heterocycles. The molecule has 1 fully saturated rings. The number of nitrogens with one attached hydrogen (secondary N) is 1. The van der Waals surface area contributed by atoms with Gasteiger partial charge in [0.05, 0.1) is 5.56 Å². The van der Waals surface area contributed by atoms with E-state index in [0.29, 0.717) is 19.6 Å². The van der Waals surface area contributed by atoms with Crippen LogP contribution in [0.2, 0.25) is 0 Å². The number of alkyl halides is 4. The van der Waals surface area contributed by atoms with E-state index in [1.54, 1.807) is 4.90 Å². The Balaban J connectivity index is 2.40. The summed E-state index contributed by atoms with van der Waals surface area (Å²) < 4.78 is 52.8. The second kappa shape index (κ2) is 5.99. The van der Waals surface area contributed by atoms with Crippen LogP contribution in [0.5, 0.6) is 0 Å². The van der Waals surface area contributed by atoms with Gasteiger partial charge in [0, 0.05) is 25.3 Å². The van der Waals surface area contributed by atoms with Crippen LogP contribution in [0.1, 0.15) is 30.6 Å². The lowest BCUT2D eigenvalue weighted by molar-refractivity contribution is -0.137. The van der Waals surface area contributed by atoms with Crippen LogP contribution in [0.4, 0.5) is 23.2 Å². The van der Waals surface area contributed by atoms with Gasteiger partial charge in [-0.2, -0.15) is 13.2 Å². The standard InChI is InChI=1S/C14H18F4N2/c1-10(15)11-3-4-13(12(9-11)14(16,17)18)20-7-2-5-19-6-8-20/h3-4,9-10,19H,2,5-8H2,1H3. The maximum absolute atomic E-state index is 13.2. The van der Waals surface area contributed by atoms with Crippen LogP contribution in [0.25, 0.3) is 0 Å². The van der Waals surface area contributed by atoms with Crippen molar-refractivity contribution in [3.8, 4) is 0 Å². The molecular weight excluding hydrogens is 272 g/mol. The highest BCUT2D eigenvalue weighted by Crippen LogP contribution is 2.38. The SMILES string of the molecule is CC(F)c1ccc(N2CCCNCC2)c(C(F)(F)F)c1. The molecule has 20 heavy (non-hydrogen) atoms. The largest absolute Gasteiger partial charge is 0.418 e. The van der Waals surface area contributed by atoms with E-state index >= 15 is 0 Å². The van der Waals surface area contributed by atoms with E-state index in [0.717, 1.165) is 19.0 Å². The van der Waals surface area contributed by atoms with E-state index in [1.807, 2.05) is 0 Å². The Bertz CT molecular complexity index is 449. The van der Waals surface area contributed by atoms with Crippen LogP contribution in [0, 0.1) is 0 Å². The van der Waals surface area contributed by atoms with E-state index in [9.17, 15) is 17.6 Å². The Labute approximate surface area is 115 Å². The zero-order chi connectivity index (χ0) is 14.8. The van der Waals surface area contributed by atoms with Crippen molar-refractivity contribution < 1.29 is 17.6 Å². The van der Waals surface area contributed by atoms with Crippen molar-refractivity contribution in [1.82, 2.24) is 5.32 Å². The van der Waals surface area contributed by atoms with Crippen LogP contribution in [-0.2, 0) is 6.18 Å². The van der Waals surface area contributed by atoms with E-state index < -0.39 is 17.9 Å². The minimum Gasteiger partial charge on any atom is -0.370 e. The first-order valence-corrected chi connectivity index (χ1v) is 6.70. The maximum Gasteiger partial charge on any atom is 0.418 e. The number of halogens is 4. The summed E-state index contributed by atoms with van der Waals surface area (Å²) in [6.07, 6.45) is -5.09. The molecule has 1 unspecified atom stereocenters. The van der Waals surface area contributed by atoms with Gasteiger partial charge in [-0.05, 0) is 37.6 Å². The Hall–Kier alpha value is -1.30. The average molecular weight is 290 g/mol. The van der Waals surface area contributed by atoms with Gasteiger partial charge in [0.25, 0.3) is 0 Å². The van der Waals surface area contributed by atoms with Crippen LogP contribution >= 0.6 is 0 Å². The number of anilines is 1. The molecule has 1 aromatic rings. The van der Waals surface area contributed by atoms with Crippen LogP contribution in [0.15, 0.2) is 18.2 Å². The fraction of sp³-hybridized carbons (Fsp3) is 0.571. The zero-order valence-corrected chi connectivity index (χ0v) is 11.3. The van der Waals surface area contributed by atoms with Gasteiger partial charge in [-0.3, -0.25) is 0 Å². The summed E-state index contributed by atoms with van der Waals surface area (Å²) in [4.78, 5) is 1.72. The van der Waals surface area contributed by atoms with Crippen molar-refractivity contribution in [1.29, 1.82) is 0 Å². The third-order valence-electron chi connectivity index (χ3n) is 3.47. The maximum atomic E-state index is 13.2. The summed E-state index contributed by atoms with van der Waals surface area (Å²) in [6.45, 7) is 3.79. The van der Waals surface area contributed by atoms with Gasteiger partial charge in [0.15, 0.2) is 0 Å². The molecule has 1 aliphatic rings. The van der Waals surface area contributed by atoms with E-state index in [1.165, 1.54) is 19.1 Å². The van der Waals surface area contributed by atoms with E-state index in [2.05, 4.69) is 5.32 Å². The number of rotatable bonds is 2. The van der Waals surface area contributed by atoms with Crippen molar-refractivity contribution in [3.63, 3.8) is 0 Å². The molecule has 1 atom stereocenters. The molecule has 1 aromatic carbocycles. The minimum atomic E-state index is -4.47. The lowest BCUT2D eigenvalue weighted by Crippen LogP contribution is -2.30. The lowest BCUT2D eigenvalue weighted by Gasteiger charge is -2.26. The number of benzene rings is 1. The third kappa shape index (κ3) is 3.42. The zero-order valence-electron chi connectivity index (χ0n) is 11.3. The minimum absolute atomic E-state index is 0.0639. The molecule has 1 saturated heterocycles. The molecule has 0 spiro atoms. The molecule has 1 heterocycles. The first-order valence-electron chi connectivity index (χ1n) is 6.70. The Morgan fingerprint density at radius 3 is 2.60 bits per heavy atom. The fourth-order valence-electron chi connectivity index (χ4n) is 2.39. The molecule has 0 bridgehead atoms. The Morgan fingerprint density at radius 1 is 1.20 bits per heavy atom. The predicted molar refractivity (Wildman–Crippen MR) is 70.7 cm³/mol. The van der Waals surface area contributed by atoms with Crippen molar-refractivity contribution in [2.75, 3.05) is 31.1 Å². The Kier molecular flexibility index (Phi) is 4.52. The molecule has 0 saturated carbocycles. The first kappa shape index (κ1) is 15.1. The molecular formula is C14H18F4N2. The van der Waals surface area contributed by atoms with Gasteiger partial charge in [-0.15, -0.1) is 0 Å². The molecule has 1 N–H and O–H groups in total. The predicted octanol–water partition coefficient (Wildman–Crippen LogP) is 3.54. The number of hydrogen-bond donors (Lipinski definition) is 1. The summed E-state index contributed by atoms with van der Waals surface area (Å²) in [5.74, 6) is 0. The smallest absolute Gasteiger partial charge is 0.370 e. The molecule has 112 valence electrons. The van der Waals surface area contributed by atoms with Gasteiger partial charge in [-0.1, -0.05) is 6.07 Å². The second-order valence-electron chi connectivity index (χ2n) is 4.98. The van der Waals surface area contributed by atoms with Crippen molar-refractivity contribution in [3.05, 3.63) is 29.3 Å². The van der Waals surface area contributed by atoms with E-state index in [-0.39, 0.29) is 11.3 Å². The summed E-state index contributed by atoms with van der Waals surface area (Å²) in [5.41, 5.74) is -0.541. The van der Waals surface area contributed by atoms with E-state index in [4.69, 9.17) is 0 Å². The summed E-state index contributed by atoms with van der Waals surface area (Å²) in [5, 5.41) is 3.15. The normalized spacial score (nSPS) is 18.8. The van der Waals surface area contributed by atoms with Crippen molar-refractivity contribution in [2.24, 2.45) is 0 Å². The van der Waals surface area contributed by atoms with Crippen LogP contribution in [-0.4, -0.2) is 26.2 Å². The highest BCUT2D eigenvalue weighted by Gasteiger charge is 2.35. The number of hydrogen-bond acceptors (Lipinski definition) is 2. The summed E-state index contributed by atoms with van der Waals surface area (Å²) in [6, 6.07) is 3.76. The fourth-order valence-corrected chi connectivity index (χ4v) is 2.39. The summed E-state index contributed by atoms with van der Waals surface area (Å²) in [7, 11) is 0. The van der Waals surface area contributed by atoms with Crippen LogP contribution in [0.3, 0.4) is 0 Å². The molecule has 0 aliphatic carbocycles. The van der Waals surface area contributed by atoms with Crippen molar-refractivity contribution >= 4 is 5.69 Å². The van der Waals surface area contributed by atoms with Gasteiger partial charge < -0.3 is 10.2 Å². The highest BCUT2D eigenvalue weighted by molar-refractivity contribution is 5.57. The van der Waals surface area contributed by atoms with Gasteiger partial charge >= 0.3 is 6.18 Å². The molecule has 0 amide bonds. The van der Waals surface area contributed by atoms with Gasteiger partial charge in [0.2, 0.25) is 0 Å². The third-order valence-corrected chi connectivity index (χ3v) is 3.47. The summed E-state index contributed by atoms with van der Waals surface area (Å²) >= 11 is 0.